The summed E-state index contributed by atoms with van der Waals surface area (Å²) in [7, 11) is -3.76. The van der Waals surface area contributed by atoms with Crippen LogP contribution in [0, 0.1) is 5.82 Å². The van der Waals surface area contributed by atoms with E-state index in [1.54, 1.807) is 11.0 Å². The van der Waals surface area contributed by atoms with Crippen molar-refractivity contribution >= 4 is 27.5 Å². The van der Waals surface area contributed by atoms with Gasteiger partial charge in [0.25, 0.3) is 5.91 Å². The molecule has 0 radical (unpaired) electrons. The lowest BCUT2D eigenvalue weighted by Gasteiger charge is -2.42. The smallest absolute Gasteiger partial charge is 0.253 e. The number of benzene rings is 2. The largest absolute Gasteiger partial charge is 0.358 e. The van der Waals surface area contributed by atoms with E-state index in [9.17, 15) is 17.6 Å². The van der Waals surface area contributed by atoms with Crippen molar-refractivity contribution < 1.29 is 22.3 Å². The molecular weight excluding hydrogens is 419 g/mol. The minimum absolute atomic E-state index is 0.157. The zero-order chi connectivity index (χ0) is 20.6. The standard InChI is InChI=1S/C20H20ClFN2O4S/c21-16-4-6-18(7-5-16)29(26,27)24-12-13-28-20(24)8-10-23(11-9-20)19(25)15-2-1-3-17(22)14-15/h1-7,14H,8-13H2. The summed E-state index contributed by atoms with van der Waals surface area (Å²) in [5, 5.41) is 0.459. The number of carbonyl (C=O) groups is 1. The van der Waals surface area contributed by atoms with Crippen LogP contribution in [0.1, 0.15) is 23.2 Å². The summed E-state index contributed by atoms with van der Waals surface area (Å²) >= 11 is 5.88. The van der Waals surface area contributed by atoms with E-state index in [4.69, 9.17) is 16.3 Å². The molecule has 154 valence electrons. The number of piperidine rings is 1. The van der Waals surface area contributed by atoms with Crippen molar-refractivity contribution in [3.05, 3.63) is 64.9 Å². The normalized spacial score (nSPS) is 19.6. The molecule has 6 nitrogen and oxygen atoms in total. The molecule has 2 aliphatic rings. The number of halogens is 2. The summed E-state index contributed by atoms with van der Waals surface area (Å²) in [6.45, 7) is 1.19. The maximum absolute atomic E-state index is 13.4. The highest BCUT2D eigenvalue weighted by atomic mass is 35.5. The molecule has 4 rings (SSSR count). The summed E-state index contributed by atoms with van der Waals surface area (Å²) in [4.78, 5) is 14.4. The van der Waals surface area contributed by atoms with Gasteiger partial charge in [0.15, 0.2) is 0 Å². The Balaban J connectivity index is 1.52. The van der Waals surface area contributed by atoms with Gasteiger partial charge < -0.3 is 9.64 Å². The SMILES string of the molecule is O=C(c1cccc(F)c1)N1CCC2(CC1)OCCN2S(=O)(=O)c1ccc(Cl)cc1. The fraction of sp³-hybridized carbons (Fsp3) is 0.350. The molecular formula is C20H20ClFN2O4S. The number of hydrogen-bond acceptors (Lipinski definition) is 4. The number of likely N-dealkylation sites (tertiary alicyclic amines) is 1. The molecule has 29 heavy (non-hydrogen) atoms. The van der Waals surface area contributed by atoms with Gasteiger partial charge in [-0.15, -0.1) is 0 Å². The first kappa shape index (κ1) is 20.3. The van der Waals surface area contributed by atoms with Crippen LogP contribution >= 0.6 is 11.6 Å². The first-order valence-corrected chi connectivity index (χ1v) is 11.1. The van der Waals surface area contributed by atoms with Gasteiger partial charge in [0.2, 0.25) is 10.0 Å². The molecule has 0 N–H and O–H groups in total. The van der Waals surface area contributed by atoms with Crippen LogP contribution in [0.3, 0.4) is 0 Å². The van der Waals surface area contributed by atoms with Crippen molar-refractivity contribution in [1.82, 2.24) is 9.21 Å². The van der Waals surface area contributed by atoms with Gasteiger partial charge in [-0.25, -0.2) is 12.8 Å². The highest BCUT2D eigenvalue weighted by molar-refractivity contribution is 7.89. The van der Waals surface area contributed by atoms with Crippen LogP contribution in [0.15, 0.2) is 53.4 Å². The van der Waals surface area contributed by atoms with E-state index in [1.807, 2.05) is 0 Å². The highest BCUT2D eigenvalue weighted by Gasteiger charge is 2.51. The van der Waals surface area contributed by atoms with Crippen molar-refractivity contribution in [1.29, 1.82) is 0 Å². The molecule has 2 aromatic carbocycles. The van der Waals surface area contributed by atoms with Crippen molar-refractivity contribution in [2.24, 2.45) is 0 Å². The van der Waals surface area contributed by atoms with Crippen LogP contribution in [-0.4, -0.2) is 55.5 Å². The third-order valence-corrected chi connectivity index (χ3v) is 7.64. The van der Waals surface area contributed by atoms with Gasteiger partial charge in [0, 0.05) is 43.1 Å². The fourth-order valence-electron chi connectivity index (χ4n) is 3.92. The third-order valence-electron chi connectivity index (χ3n) is 5.42. The Morgan fingerprint density at radius 2 is 1.76 bits per heavy atom. The molecule has 1 amide bonds. The summed E-state index contributed by atoms with van der Waals surface area (Å²) in [6.07, 6.45) is 0.696. The monoisotopic (exact) mass is 438 g/mol. The van der Waals surface area contributed by atoms with Crippen LogP contribution < -0.4 is 0 Å². The van der Waals surface area contributed by atoms with Gasteiger partial charge in [0.1, 0.15) is 11.5 Å². The molecule has 0 unspecified atom stereocenters. The second-order valence-corrected chi connectivity index (χ2v) is 9.43. The zero-order valence-electron chi connectivity index (χ0n) is 15.6. The van der Waals surface area contributed by atoms with Gasteiger partial charge in [0.05, 0.1) is 11.5 Å². The first-order chi connectivity index (χ1) is 13.8. The van der Waals surface area contributed by atoms with Gasteiger partial charge in [-0.2, -0.15) is 4.31 Å². The minimum atomic E-state index is -3.76. The number of sulfonamides is 1. The van der Waals surface area contributed by atoms with Crippen molar-refractivity contribution in [3.8, 4) is 0 Å². The van der Waals surface area contributed by atoms with Crippen molar-refractivity contribution in [2.45, 2.75) is 23.5 Å². The predicted molar refractivity (Wildman–Crippen MR) is 106 cm³/mol. The lowest BCUT2D eigenvalue weighted by molar-refractivity contribution is -0.0857. The maximum Gasteiger partial charge on any atom is 0.253 e. The summed E-state index contributed by atoms with van der Waals surface area (Å²) in [5.74, 6) is -0.742. The lowest BCUT2D eigenvalue weighted by Crippen LogP contribution is -2.55. The van der Waals surface area contributed by atoms with Crippen LogP contribution in [0.5, 0.6) is 0 Å². The van der Waals surface area contributed by atoms with E-state index in [0.29, 0.717) is 37.6 Å². The number of carbonyl (C=O) groups excluding carboxylic acids is 1. The molecule has 9 heteroatoms. The van der Waals surface area contributed by atoms with Gasteiger partial charge >= 0.3 is 0 Å². The fourth-order valence-corrected chi connectivity index (χ4v) is 5.77. The summed E-state index contributed by atoms with van der Waals surface area (Å²) < 4.78 is 47.1. The second kappa shape index (κ2) is 7.68. The maximum atomic E-state index is 13.4. The van der Waals surface area contributed by atoms with E-state index in [-0.39, 0.29) is 22.9 Å². The molecule has 0 atom stereocenters. The lowest BCUT2D eigenvalue weighted by atomic mass is 10.00. The van der Waals surface area contributed by atoms with Crippen LogP contribution in [0.4, 0.5) is 4.39 Å². The molecule has 2 aliphatic heterocycles. The second-order valence-electron chi connectivity index (χ2n) is 7.13. The number of amides is 1. The Kier molecular flexibility index (Phi) is 5.37. The van der Waals surface area contributed by atoms with Gasteiger partial charge in [-0.05, 0) is 42.5 Å². The molecule has 0 aromatic heterocycles. The number of ether oxygens (including phenoxy) is 1. The molecule has 2 saturated heterocycles. The van der Waals surface area contributed by atoms with E-state index in [0.717, 1.165) is 0 Å². The Morgan fingerprint density at radius 3 is 2.41 bits per heavy atom. The van der Waals surface area contributed by atoms with Gasteiger partial charge in [-0.1, -0.05) is 17.7 Å². The minimum Gasteiger partial charge on any atom is -0.358 e. The van der Waals surface area contributed by atoms with Gasteiger partial charge in [-0.3, -0.25) is 4.79 Å². The Labute approximate surface area is 173 Å². The Morgan fingerprint density at radius 1 is 1.07 bits per heavy atom. The van der Waals surface area contributed by atoms with Crippen LogP contribution in [-0.2, 0) is 14.8 Å². The molecule has 1 spiro atoms. The molecule has 2 aromatic rings. The average Bonchev–Trinajstić information content (AvgIpc) is 3.12. The van der Waals surface area contributed by atoms with Crippen molar-refractivity contribution in [3.63, 3.8) is 0 Å². The van der Waals surface area contributed by atoms with Crippen LogP contribution in [0.2, 0.25) is 5.02 Å². The molecule has 0 bridgehead atoms. The van der Waals surface area contributed by atoms with E-state index in [2.05, 4.69) is 0 Å². The first-order valence-electron chi connectivity index (χ1n) is 9.29. The average molecular weight is 439 g/mol. The molecule has 0 aliphatic carbocycles. The zero-order valence-corrected chi connectivity index (χ0v) is 17.1. The van der Waals surface area contributed by atoms with Crippen LogP contribution in [0.25, 0.3) is 0 Å². The van der Waals surface area contributed by atoms with Crippen molar-refractivity contribution in [2.75, 3.05) is 26.2 Å². The van der Waals surface area contributed by atoms with E-state index < -0.39 is 21.6 Å². The topological polar surface area (TPSA) is 66.9 Å². The quantitative estimate of drug-likeness (QED) is 0.738. The highest BCUT2D eigenvalue weighted by Crippen LogP contribution is 2.38. The molecule has 0 saturated carbocycles. The Hall–Kier alpha value is -2.00. The van der Waals surface area contributed by atoms with E-state index in [1.165, 1.54) is 46.8 Å². The Bertz CT molecular complexity index is 1020. The number of rotatable bonds is 3. The van der Waals surface area contributed by atoms with E-state index >= 15 is 0 Å². The molecule has 2 fully saturated rings. The summed E-state index contributed by atoms with van der Waals surface area (Å²) in [6, 6.07) is 11.6. The third kappa shape index (κ3) is 3.77. The summed E-state index contributed by atoms with van der Waals surface area (Å²) in [5.41, 5.74) is -0.698. The molecule has 2 heterocycles. The number of hydrogen-bond donors (Lipinski definition) is 0. The number of nitrogens with zero attached hydrogens (tertiary/aromatic N) is 2. The predicted octanol–water partition coefficient (Wildman–Crippen LogP) is 3.13.